The van der Waals surface area contributed by atoms with E-state index in [4.69, 9.17) is 14.6 Å². The zero-order valence-corrected chi connectivity index (χ0v) is 16.3. The molecule has 1 aromatic carbocycles. The van der Waals surface area contributed by atoms with Crippen LogP contribution in [0.25, 0.3) is 0 Å². The number of carbonyl (C=O) groups is 1. The maximum Gasteiger partial charge on any atom is 0.303 e. The summed E-state index contributed by atoms with van der Waals surface area (Å²) in [5.74, 6) is 0.494. The lowest BCUT2D eigenvalue weighted by Gasteiger charge is -2.14. The highest BCUT2D eigenvalue weighted by atomic mass is 16.5. The van der Waals surface area contributed by atoms with Crippen LogP contribution in [-0.2, 0) is 16.0 Å². The molecule has 3 N–H and O–H groups in total. The van der Waals surface area contributed by atoms with E-state index >= 15 is 0 Å². The summed E-state index contributed by atoms with van der Waals surface area (Å²) in [5.41, 5.74) is 2.49. The third-order valence-corrected chi connectivity index (χ3v) is 4.33. The quantitative estimate of drug-likeness (QED) is 0.527. The van der Waals surface area contributed by atoms with E-state index in [0.717, 1.165) is 17.0 Å². The number of aromatic hydroxyl groups is 1. The molecule has 0 bridgehead atoms. The molecule has 1 aliphatic heterocycles. The summed E-state index contributed by atoms with van der Waals surface area (Å²) >= 11 is 0. The van der Waals surface area contributed by atoms with Crippen LogP contribution < -0.4 is 10.1 Å². The highest BCUT2D eigenvalue weighted by molar-refractivity contribution is 5.67. The van der Waals surface area contributed by atoms with Gasteiger partial charge in [-0.1, -0.05) is 36.9 Å². The van der Waals surface area contributed by atoms with Gasteiger partial charge in [-0.15, -0.1) is 0 Å². The first-order valence-corrected chi connectivity index (χ1v) is 9.19. The molecule has 1 aromatic rings. The molecule has 0 aliphatic carbocycles. The van der Waals surface area contributed by atoms with Gasteiger partial charge in [-0.3, -0.25) is 4.79 Å². The molecule has 0 spiro atoms. The van der Waals surface area contributed by atoms with Crippen molar-refractivity contribution >= 4 is 5.97 Å². The predicted octanol–water partition coefficient (Wildman–Crippen LogP) is 4.04. The molecule has 0 fully saturated rings. The summed E-state index contributed by atoms with van der Waals surface area (Å²) in [6.45, 7) is 8.09. The molecule has 1 heterocycles. The van der Waals surface area contributed by atoms with Crippen LogP contribution in [0.5, 0.6) is 11.5 Å². The SMILES string of the molecule is C=C/C(=C\C=C/C)C1NC(CCOc2ccc(CCC(=O)O)c(O)c2)=C(C)O1. The topological polar surface area (TPSA) is 88.0 Å². The number of nitrogens with one attached hydrogen (secondary N) is 1. The Morgan fingerprint density at radius 1 is 1.39 bits per heavy atom. The van der Waals surface area contributed by atoms with Gasteiger partial charge in [-0.05, 0) is 31.9 Å². The van der Waals surface area contributed by atoms with Crippen molar-refractivity contribution in [1.29, 1.82) is 0 Å². The minimum Gasteiger partial charge on any atom is -0.508 e. The van der Waals surface area contributed by atoms with E-state index in [9.17, 15) is 9.90 Å². The van der Waals surface area contributed by atoms with Gasteiger partial charge in [0.25, 0.3) is 0 Å². The van der Waals surface area contributed by atoms with Gasteiger partial charge in [-0.25, -0.2) is 0 Å². The molecule has 0 saturated heterocycles. The van der Waals surface area contributed by atoms with E-state index in [2.05, 4.69) is 11.9 Å². The second kappa shape index (κ2) is 10.3. The standard InChI is InChI=1S/C22H27NO5/c1-4-6-7-16(5-2)22-23-19(15(3)28-22)12-13-27-18-10-8-17(20(24)14-18)9-11-21(25)26/h4-8,10,14,22-24H,2,9,11-13H2,1,3H3,(H,25,26)/b6-4-,16-7+. The molecular formula is C22H27NO5. The lowest BCUT2D eigenvalue weighted by molar-refractivity contribution is -0.136. The molecule has 1 aliphatic rings. The van der Waals surface area contributed by atoms with Gasteiger partial charge in [0.2, 0.25) is 0 Å². The number of aryl methyl sites for hydroxylation is 1. The molecular weight excluding hydrogens is 358 g/mol. The number of ether oxygens (including phenoxy) is 2. The summed E-state index contributed by atoms with van der Waals surface area (Å²) in [6, 6.07) is 4.93. The van der Waals surface area contributed by atoms with Crippen molar-refractivity contribution in [2.24, 2.45) is 0 Å². The van der Waals surface area contributed by atoms with Crippen LogP contribution in [0.2, 0.25) is 0 Å². The first kappa shape index (κ1) is 21.2. The molecule has 28 heavy (non-hydrogen) atoms. The van der Waals surface area contributed by atoms with E-state index in [1.165, 1.54) is 6.07 Å². The Morgan fingerprint density at radius 2 is 2.18 bits per heavy atom. The average molecular weight is 385 g/mol. The summed E-state index contributed by atoms with van der Waals surface area (Å²) < 4.78 is 11.6. The number of phenolic OH excluding ortho intramolecular Hbond substituents is 1. The largest absolute Gasteiger partial charge is 0.508 e. The van der Waals surface area contributed by atoms with Crippen molar-refractivity contribution < 1.29 is 24.5 Å². The van der Waals surface area contributed by atoms with Crippen molar-refractivity contribution in [3.05, 3.63) is 71.7 Å². The maximum atomic E-state index is 10.6. The zero-order chi connectivity index (χ0) is 20.5. The molecule has 0 amide bonds. The van der Waals surface area contributed by atoms with Crippen LogP contribution in [0.3, 0.4) is 0 Å². The maximum absolute atomic E-state index is 10.6. The summed E-state index contributed by atoms with van der Waals surface area (Å²) in [7, 11) is 0. The third-order valence-electron chi connectivity index (χ3n) is 4.33. The van der Waals surface area contributed by atoms with Crippen molar-refractivity contribution in [2.45, 2.75) is 39.3 Å². The van der Waals surface area contributed by atoms with Gasteiger partial charge in [-0.2, -0.15) is 0 Å². The molecule has 0 radical (unpaired) electrons. The van der Waals surface area contributed by atoms with E-state index in [1.807, 2.05) is 32.1 Å². The van der Waals surface area contributed by atoms with Crippen LogP contribution in [0, 0.1) is 0 Å². The lowest BCUT2D eigenvalue weighted by Crippen LogP contribution is -2.26. The van der Waals surface area contributed by atoms with Crippen molar-refractivity contribution in [1.82, 2.24) is 5.32 Å². The molecule has 150 valence electrons. The average Bonchev–Trinajstić information content (AvgIpc) is 3.02. The Bertz CT molecular complexity index is 807. The smallest absolute Gasteiger partial charge is 0.303 e. The number of phenols is 1. The van der Waals surface area contributed by atoms with Gasteiger partial charge in [0.15, 0.2) is 6.23 Å². The molecule has 6 nitrogen and oxygen atoms in total. The van der Waals surface area contributed by atoms with Crippen LogP contribution in [0.1, 0.15) is 32.3 Å². The number of rotatable bonds is 10. The Kier molecular flexibility index (Phi) is 7.75. The number of carboxylic acids is 1. The highest BCUT2D eigenvalue weighted by Crippen LogP contribution is 2.26. The molecule has 1 unspecified atom stereocenters. The Balaban J connectivity index is 1.87. The van der Waals surface area contributed by atoms with E-state index in [-0.39, 0.29) is 24.8 Å². The number of benzene rings is 1. The Labute approximate surface area is 165 Å². The normalized spacial score (nSPS) is 16.8. The van der Waals surface area contributed by atoms with Gasteiger partial charge >= 0.3 is 5.97 Å². The van der Waals surface area contributed by atoms with Gasteiger partial charge < -0.3 is 25.0 Å². The van der Waals surface area contributed by atoms with Gasteiger partial charge in [0, 0.05) is 24.5 Å². The predicted molar refractivity (Wildman–Crippen MR) is 108 cm³/mol. The fourth-order valence-electron chi connectivity index (χ4n) is 2.76. The summed E-state index contributed by atoms with van der Waals surface area (Å²) in [4.78, 5) is 10.6. The van der Waals surface area contributed by atoms with Crippen LogP contribution >= 0.6 is 0 Å². The van der Waals surface area contributed by atoms with Gasteiger partial charge in [0.05, 0.1) is 12.3 Å². The van der Waals surface area contributed by atoms with E-state index in [1.54, 1.807) is 18.2 Å². The molecule has 6 heteroatoms. The fourth-order valence-corrected chi connectivity index (χ4v) is 2.76. The van der Waals surface area contributed by atoms with Crippen molar-refractivity contribution in [3.63, 3.8) is 0 Å². The lowest BCUT2D eigenvalue weighted by atomic mass is 10.1. The number of allylic oxidation sites excluding steroid dienone is 4. The van der Waals surface area contributed by atoms with Crippen LogP contribution in [-0.4, -0.2) is 29.0 Å². The number of hydrogen-bond donors (Lipinski definition) is 3. The zero-order valence-electron chi connectivity index (χ0n) is 16.3. The third kappa shape index (κ3) is 5.94. The second-order valence-corrected chi connectivity index (χ2v) is 6.36. The molecule has 2 rings (SSSR count). The molecule has 0 aromatic heterocycles. The number of aliphatic carboxylic acids is 1. The van der Waals surface area contributed by atoms with Gasteiger partial charge in [0.1, 0.15) is 17.3 Å². The number of carboxylic acid groups (broad SMARTS) is 1. The minimum atomic E-state index is -0.895. The Morgan fingerprint density at radius 3 is 2.82 bits per heavy atom. The second-order valence-electron chi connectivity index (χ2n) is 6.36. The molecule has 1 atom stereocenters. The van der Waals surface area contributed by atoms with Crippen molar-refractivity contribution in [2.75, 3.05) is 6.61 Å². The van der Waals surface area contributed by atoms with Crippen LogP contribution in [0.4, 0.5) is 0 Å². The first-order chi connectivity index (χ1) is 13.4. The van der Waals surface area contributed by atoms with E-state index in [0.29, 0.717) is 24.3 Å². The van der Waals surface area contributed by atoms with Crippen molar-refractivity contribution in [3.8, 4) is 11.5 Å². The van der Waals surface area contributed by atoms with Crippen LogP contribution in [0.15, 0.2) is 66.1 Å². The van der Waals surface area contributed by atoms with E-state index < -0.39 is 5.97 Å². The first-order valence-electron chi connectivity index (χ1n) is 9.19. The summed E-state index contributed by atoms with van der Waals surface area (Å²) in [5, 5.41) is 22.1. The highest BCUT2D eigenvalue weighted by Gasteiger charge is 2.23. The molecule has 0 saturated carbocycles. The number of hydrogen-bond acceptors (Lipinski definition) is 5. The summed E-state index contributed by atoms with van der Waals surface area (Å²) in [6.07, 6.45) is 8.21. The fraction of sp³-hybridized carbons (Fsp3) is 0.318. The monoisotopic (exact) mass is 385 g/mol. The Hall–Kier alpha value is -3.15. The minimum absolute atomic E-state index is 0.0246.